The molecule has 0 saturated heterocycles. The highest BCUT2D eigenvalue weighted by Crippen LogP contribution is 2.17. The first kappa shape index (κ1) is 24.4. The van der Waals surface area contributed by atoms with Crippen molar-refractivity contribution < 1.29 is 27.5 Å². The zero-order chi connectivity index (χ0) is 22.9. The van der Waals surface area contributed by atoms with Crippen LogP contribution in [0, 0.1) is 0 Å². The lowest BCUT2D eigenvalue weighted by Crippen LogP contribution is -2.31. The molecule has 8 nitrogen and oxygen atoms in total. The molecule has 0 bridgehead atoms. The molecule has 9 heteroatoms. The van der Waals surface area contributed by atoms with Crippen LogP contribution in [-0.2, 0) is 30.8 Å². The summed E-state index contributed by atoms with van der Waals surface area (Å²) in [4.78, 5) is 23.7. The van der Waals surface area contributed by atoms with E-state index in [1.54, 1.807) is 38.1 Å². The van der Waals surface area contributed by atoms with Crippen LogP contribution in [0.5, 0.6) is 5.75 Å². The smallest absolute Gasteiger partial charge is 0.310 e. The fourth-order valence-electron chi connectivity index (χ4n) is 2.56. The van der Waals surface area contributed by atoms with E-state index in [2.05, 4.69) is 10.0 Å². The molecule has 0 aromatic heterocycles. The number of benzene rings is 2. The minimum Gasteiger partial charge on any atom is -0.484 e. The zero-order valence-electron chi connectivity index (χ0n) is 17.9. The third kappa shape index (κ3) is 8.03. The first-order valence-electron chi connectivity index (χ1n) is 10.0. The van der Waals surface area contributed by atoms with Crippen LogP contribution in [0.3, 0.4) is 0 Å². The quantitative estimate of drug-likeness (QED) is 0.512. The number of hydrogen-bond acceptors (Lipinski definition) is 6. The zero-order valence-corrected chi connectivity index (χ0v) is 18.7. The molecule has 31 heavy (non-hydrogen) atoms. The van der Waals surface area contributed by atoms with Crippen LogP contribution in [0.1, 0.15) is 32.8 Å². The molecule has 2 aromatic carbocycles. The molecule has 2 rings (SSSR count). The molecule has 1 amide bonds. The van der Waals surface area contributed by atoms with Gasteiger partial charge in [-0.1, -0.05) is 19.1 Å². The lowest BCUT2D eigenvalue weighted by molar-refractivity contribution is -0.142. The minimum absolute atomic E-state index is 0.132. The van der Waals surface area contributed by atoms with E-state index in [0.29, 0.717) is 24.5 Å². The first-order chi connectivity index (χ1) is 14.7. The summed E-state index contributed by atoms with van der Waals surface area (Å²) >= 11 is 0. The van der Waals surface area contributed by atoms with Gasteiger partial charge in [-0.2, -0.15) is 0 Å². The van der Waals surface area contributed by atoms with Crippen LogP contribution in [0.4, 0.5) is 5.69 Å². The number of nitrogens with one attached hydrogen (secondary N) is 2. The highest BCUT2D eigenvalue weighted by Gasteiger charge is 2.16. The first-order valence-corrected chi connectivity index (χ1v) is 11.5. The average Bonchev–Trinajstić information content (AvgIpc) is 2.74. The van der Waals surface area contributed by atoms with E-state index in [4.69, 9.17) is 9.47 Å². The second-order valence-electron chi connectivity index (χ2n) is 6.92. The monoisotopic (exact) mass is 448 g/mol. The van der Waals surface area contributed by atoms with Gasteiger partial charge in [-0.05, 0) is 62.2 Å². The Morgan fingerprint density at radius 1 is 1.00 bits per heavy atom. The van der Waals surface area contributed by atoms with Gasteiger partial charge in [0.15, 0.2) is 6.61 Å². The molecule has 0 aliphatic heterocycles. The van der Waals surface area contributed by atoms with Gasteiger partial charge in [-0.15, -0.1) is 0 Å². The Balaban J connectivity index is 1.85. The van der Waals surface area contributed by atoms with Crippen LogP contribution in [0.25, 0.3) is 0 Å². The van der Waals surface area contributed by atoms with Crippen LogP contribution in [0.15, 0.2) is 53.4 Å². The highest BCUT2D eigenvalue weighted by molar-refractivity contribution is 7.89. The van der Waals surface area contributed by atoms with Crippen molar-refractivity contribution in [3.8, 4) is 5.75 Å². The number of carbonyl (C=O) groups is 2. The SMILES string of the molecule is CCOC(=O)Cc1ccc(NC(=O)COc2ccc(S(=O)(=O)NC(C)CC)cc2)cc1. The summed E-state index contributed by atoms with van der Waals surface area (Å²) in [5.41, 5.74) is 1.35. The Bertz CT molecular complexity index is 972. The molecule has 168 valence electrons. The largest absolute Gasteiger partial charge is 0.484 e. The van der Waals surface area contributed by atoms with Crippen molar-refractivity contribution in [2.45, 2.75) is 44.6 Å². The molecule has 0 aliphatic carbocycles. The molecule has 0 aliphatic rings. The molecule has 0 fully saturated rings. The third-order valence-corrected chi connectivity index (χ3v) is 5.97. The van der Waals surface area contributed by atoms with Gasteiger partial charge in [0.1, 0.15) is 5.75 Å². The normalized spacial score (nSPS) is 12.1. The van der Waals surface area contributed by atoms with Crippen molar-refractivity contribution in [2.75, 3.05) is 18.5 Å². The van der Waals surface area contributed by atoms with Crippen molar-refractivity contribution in [3.63, 3.8) is 0 Å². The predicted octanol–water partition coefficient (Wildman–Crippen LogP) is 2.89. The summed E-state index contributed by atoms with van der Waals surface area (Å²) in [7, 11) is -3.59. The molecule has 0 heterocycles. The van der Waals surface area contributed by atoms with Gasteiger partial charge in [-0.25, -0.2) is 13.1 Å². The molecular formula is C22H28N2O6S. The van der Waals surface area contributed by atoms with E-state index in [1.165, 1.54) is 24.3 Å². The molecule has 2 N–H and O–H groups in total. The van der Waals surface area contributed by atoms with Gasteiger partial charge in [0.05, 0.1) is 17.9 Å². The molecular weight excluding hydrogens is 420 g/mol. The standard InChI is InChI=1S/C22H28N2O6S/c1-4-16(3)24-31(27,28)20-12-10-19(11-13-20)30-15-21(25)23-18-8-6-17(7-9-18)14-22(26)29-5-2/h6-13,16,24H,4-5,14-15H2,1-3H3,(H,23,25). The Morgan fingerprint density at radius 2 is 1.65 bits per heavy atom. The van der Waals surface area contributed by atoms with E-state index in [-0.39, 0.29) is 35.8 Å². The number of sulfonamides is 1. The van der Waals surface area contributed by atoms with Crippen molar-refractivity contribution >= 4 is 27.6 Å². The summed E-state index contributed by atoms with van der Waals surface area (Å²) in [5.74, 6) is -0.294. The molecule has 0 saturated carbocycles. The minimum atomic E-state index is -3.59. The number of amides is 1. The van der Waals surface area contributed by atoms with Crippen LogP contribution < -0.4 is 14.8 Å². The number of carbonyl (C=O) groups excluding carboxylic acids is 2. The molecule has 0 spiro atoms. The van der Waals surface area contributed by atoms with E-state index in [1.807, 2.05) is 6.92 Å². The van der Waals surface area contributed by atoms with E-state index in [9.17, 15) is 18.0 Å². The highest BCUT2D eigenvalue weighted by atomic mass is 32.2. The van der Waals surface area contributed by atoms with Crippen LogP contribution in [-0.4, -0.2) is 39.5 Å². The van der Waals surface area contributed by atoms with Crippen molar-refractivity contribution in [3.05, 3.63) is 54.1 Å². The van der Waals surface area contributed by atoms with Crippen LogP contribution >= 0.6 is 0 Å². The molecule has 2 aromatic rings. The van der Waals surface area contributed by atoms with Gasteiger partial charge in [0.2, 0.25) is 10.0 Å². The third-order valence-electron chi connectivity index (χ3n) is 4.36. The summed E-state index contributed by atoms with van der Waals surface area (Å²) in [5, 5.41) is 2.70. The topological polar surface area (TPSA) is 111 Å². The van der Waals surface area contributed by atoms with Gasteiger partial charge in [-0.3, -0.25) is 9.59 Å². The Morgan fingerprint density at radius 3 is 2.23 bits per heavy atom. The molecule has 1 unspecified atom stereocenters. The Labute approximate surface area is 183 Å². The number of hydrogen-bond donors (Lipinski definition) is 2. The van der Waals surface area contributed by atoms with Gasteiger partial charge < -0.3 is 14.8 Å². The van der Waals surface area contributed by atoms with Crippen molar-refractivity contribution in [1.29, 1.82) is 0 Å². The molecule has 1 atom stereocenters. The maximum Gasteiger partial charge on any atom is 0.310 e. The summed E-state index contributed by atoms with van der Waals surface area (Å²) in [6.45, 7) is 5.54. The number of anilines is 1. The van der Waals surface area contributed by atoms with Crippen LogP contribution in [0.2, 0.25) is 0 Å². The Kier molecular flexibility index (Phi) is 9.02. The van der Waals surface area contributed by atoms with E-state index in [0.717, 1.165) is 5.56 Å². The van der Waals surface area contributed by atoms with Gasteiger partial charge in [0.25, 0.3) is 5.91 Å². The van der Waals surface area contributed by atoms with E-state index >= 15 is 0 Å². The summed E-state index contributed by atoms with van der Waals surface area (Å²) in [6.07, 6.45) is 0.855. The fourth-order valence-corrected chi connectivity index (χ4v) is 3.89. The fraction of sp³-hybridized carbons (Fsp3) is 0.364. The Hall–Kier alpha value is -2.91. The van der Waals surface area contributed by atoms with Crippen molar-refractivity contribution in [1.82, 2.24) is 4.72 Å². The van der Waals surface area contributed by atoms with Gasteiger partial charge >= 0.3 is 5.97 Å². The average molecular weight is 449 g/mol. The maximum atomic E-state index is 12.3. The predicted molar refractivity (Wildman–Crippen MR) is 117 cm³/mol. The summed E-state index contributed by atoms with van der Waals surface area (Å²) < 4.78 is 37.4. The molecule has 0 radical (unpaired) electrons. The number of ether oxygens (including phenoxy) is 2. The number of rotatable bonds is 11. The summed E-state index contributed by atoms with van der Waals surface area (Å²) in [6, 6.07) is 12.6. The van der Waals surface area contributed by atoms with E-state index < -0.39 is 10.0 Å². The lowest BCUT2D eigenvalue weighted by atomic mass is 10.1. The lowest BCUT2D eigenvalue weighted by Gasteiger charge is -2.12. The van der Waals surface area contributed by atoms with Crippen molar-refractivity contribution in [2.24, 2.45) is 0 Å². The number of esters is 1. The maximum absolute atomic E-state index is 12.3. The second-order valence-corrected chi connectivity index (χ2v) is 8.63. The second kappa shape index (κ2) is 11.5. The van der Waals surface area contributed by atoms with Gasteiger partial charge in [0, 0.05) is 11.7 Å².